The standard InChI is InChI=1S/C14H18N6O/c1-11-7-8-18(2)12-5-3-4-6-13(12)20(11)14(21)9-19-10-15-16-17-19/h3-6,10-11H,7-9H2,1-2H3/t11-/m1/s1. The van der Waals surface area contributed by atoms with Crippen molar-refractivity contribution in [3.63, 3.8) is 0 Å². The number of nitrogens with zero attached hydrogens (tertiary/aromatic N) is 6. The molecule has 0 unspecified atom stereocenters. The van der Waals surface area contributed by atoms with Crippen molar-refractivity contribution in [1.29, 1.82) is 0 Å². The minimum absolute atomic E-state index is 0.00227. The number of amides is 1. The molecule has 1 amide bonds. The van der Waals surface area contributed by atoms with E-state index in [9.17, 15) is 4.79 Å². The number of benzene rings is 1. The molecule has 0 spiro atoms. The molecule has 1 aliphatic rings. The highest BCUT2D eigenvalue weighted by molar-refractivity contribution is 5.97. The molecule has 0 aliphatic carbocycles. The van der Waals surface area contributed by atoms with E-state index in [1.54, 1.807) is 0 Å². The third-order valence-corrected chi connectivity index (χ3v) is 3.83. The number of carbonyl (C=O) groups excluding carboxylic acids is 1. The Morgan fingerprint density at radius 3 is 2.81 bits per heavy atom. The Balaban J connectivity index is 1.95. The van der Waals surface area contributed by atoms with E-state index >= 15 is 0 Å². The van der Waals surface area contributed by atoms with Gasteiger partial charge in [0.05, 0.1) is 11.4 Å². The molecule has 110 valence electrons. The van der Waals surface area contributed by atoms with Crippen molar-refractivity contribution >= 4 is 17.3 Å². The molecule has 0 bridgehead atoms. The van der Waals surface area contributed by atoms with Gasteiger partial charge in [0, 0.05) is 19.6 Å². The summed E-state index contributed by atoms with van der Waals surface area (Å²) in [6, 6.07) is 8.13. The monoisotopic (exact) mass is 286 g/mol. The van der Waals surface area contributed by atoms with Crippen LogP contribution < -0.4 is 9.80 Å². The van der Waals surface area contributed by atoms with Crippen molar-refractivity contribution in [3.8, 4) is 0 Å². The van der Waals surface area contributed by atoms with Crippen LogP contribution in [0.25, 0.3) is 0 Å². The fourth-order valence-electron chi connectivity index (χ4n) is 2.71. The van der Waals surface area contributed by atoms with Crippen molar-refractivity contribution in [2.24, 2.45) is 0 Å². The van der Waals surface area contributed by atoms with Crippen molar-refractivity contribution in [2.45, 2.75) is 25.9 Å². The first-order chi connectivity index (χ1) is 10.2. The lowest BCUT2D eigenvalue weighted by atomic mass is 10.2. The number of fused-ring (bicyclic) bond motifs is 1. The number of anilines is 2. The van der Waals surface area contributed by atoms with Crippen LogP contribution in [0.1, 0.15) is 13.3 Å². The Morgan fingerprint density at radius 2 is 2.10 bits per heavy atom. The Hall–Kier alpha value is -2.44. The van der Waals surface area contributed by atoms with Gasteiger partial charge in [-0.3, -0.25) is 4.79 Å². The van der Waals surface area contributed by atoms with Crippen molar-refractivity contribution in [3.05, 3.63) is 30.6 Å². The summed E-state index contributed by atoms with van der Waals surface area (Å²) in [5, 5.41) is 10.9. The topological polar surface area (TPSA) is 67.2 Å². The summed E-state index contributed by atoms with van der Waals surface area (Å²) in [4.78, 5) is 16.7. The second-order valence-corrected chi connectivity index (χ2v) is 5.32. The summed E-state index contributed by atoms with van der Waals surface area (Å²) < 4.78 is 1.45. The fraction of sp³-hybridized carbons (Fsp3) is 0.429. The first kappa shape index (κ1) is 13.5. The van der Waals surface area contributed by atoms with E-state index in [4.69, 9.17) is 0 Å². The van der Waals surface area contributed by atoms with Crippen LogP contribution in [0.2, 0.25) is 0 Å². The number of aromatic nitrogens is 4. The zero-order chi connectivity index (χ0) is 14.8. The van der Waals surface area contributed by atoms with Crippen LogP contribution in [0.4, 0.5) is 11.4 Å². The van der Waals surface area contributed by atoms with Gasteiger partial charge in [0.15, 0.2) is 0 Å². The molecule has 3 rings (SSSR count). The van der Waals surface area contributed by atoms with Gasteiger partial charge in [-0.25, -0.2) is 4.68 Å². The Morgan fingerprint density at radius 1 is 1.33 bits per heavy atom. The van der Waals surface area contributed by atoms with E-state index in [2.05, 4.69) is 34.4 Å². The van der Waals surface area contributed by atoms with Crippen molar-refractivity contribution in [2.75, 3.05) is 23.4 Å². The molecule has 1 atom stereocenters. The van der Waals surface area contributed by atoms with E-state index in [1.807, 2.05) is 29.2 Å². The third-order valence-electron chi connectivity index (χ3n) is 3.83. The SMILES string of the molecule is C[C@@H]1CCN(C)c2ccccc2N1C(=O)Cn1cnnn1. The molecule has 7 nitrogen and oxygen atoms in total. The number of carbonyl (C=O) groups is 1. The minimum Gasteiger partial charge on any atom is -0.373 e. The maximum absolute atomic E-state index is 12.7. The summed E-state index contributed by atoms with van der Waals surface area (Å²) in [6.07, 6.45) is 2.38. The second kappa shape index (κ2) is 5.51. The maximum Gasteiger partial charge on any atom is 0.249 e. The van der Waals surface area contributed by atoms with E-state index in [-0.39, 0.29) is 18.5 Å². The van der Waals surface area contributed by atoms with Gasteiger partial charge in [-0.1, -0.05) is 12.1 Å². The summed E-state index contributed by atoms with van der Waals surface area (Å²) in [5.41, 5.74) is 2.02. The summed E-state index contributed by atoms with van der Waals surface area (Å²) >= 11 is 0. The predicted octanol–water partition coefficient (Wildman–Crippen LogP) is 0.935. The fourth-order valence-corrected chi connectivity index (χ4v) is 2.71. The zero-order valence-corrected chi connectivity index (χ0v) is 12.2. The minimum atomic E-state index is -0.00227. The molecule has 0 N–H and O–H groups in total. The molecule has 0 fully saturated rings. The number of para-hydroxylation sites is 2. The molecule has 0 radical (unpaired) electrons. The highest BCUT2D eigenvalue weighted by Crippen LogP contribution is 2.33. The van der Waals surface area contributed by atoms with Crippen molar-refractivity contribution in [1.82, 2.24) is 20.2 Å². The van der Waals surface area contributed by atoms with Gasteiger partial charge in [-0.15, -0.1) is 5.10 Å². The molecule has 7 heteroatoms. The van der Waals surface area contributed by atoms with Gasteiger partial charge in [0.1, 0.15) is 12.9 Å². The molecule has 2 heterocycles. The Bertz CT molecular complexity index is 626. The van der Waals surface area contributed by atoms with Gasteiger partial charge in [0.25, 0.3) is 0 Å². The summed E-state index contributed by atoms with van der Waals surface area (Å²) in [5.74, 6) is -0.00227. The molecular weight excluding hydrogens is 268 g/mol. The quantitative estimate of drug-likeness (QED) is 0.821. The van der Waals surface area contributed by atoms with Crippen LogP contribution >= 0.6 is 0 Å². The van der Waals surface area contributed by atoms with Crippen LogP contribution in [0.5, 0.6) is 0 Å². The lowest BCUT2D eigenvalue weighted by Gasteiger charge is -2.28. The molecule has 0 saturated carbocycles. The Kier molecular flexibility index (Phi) is 3.55. The highest BCUT2D eigenvalue weighted by Gasteiger charge is 2.28. The lowest BCUT2D eigenvalue weighted by Crippen LogP contribution is -2.40. The molecular formula is C14H18N6O. The van der Waals surface area contributed by atoms with E-state index in [0.29, 0.717) is 0 Å². The third kappa shape index (κ3) is 2.58. The van der Waals surface area contributed by atoms with Gasteiger partial charge in [0.2, 0.25) is 5.91 Å². The average Bonchev–Trinajstić information content (AvgIpc) is 2.94. The second-order valence-electron chi connectivity index (χ2n) is 5.32. The van der Waals surface area contributed by atoms with Gasteiger partial charge in [-0.2, -0.15) is 0 Å². The normalized spacial score (nSPS) is 18.3. The Labute approximate surface area is 123 Å². The van der Waals surface area contributed by atoms with E-state index < -0.39 is 0 Å². The summed E-state index contributed by atoms with van der Waals surface area (Å²) in [6.45, 7) is 3.15. The molecule has 2 aromatic rings. The van der Waals surface area contributed by atoms with E-state index in [1.165, 1.54) is 11.0 Å². The van der Waals surface area contributed by atoms with Crippen LogP contribution in [0, 0.1) is 0 Å². The van der Waals surface area contributed by atoms with Crippen LogP contribution in [-0.4, -0.2) is 45.7 Å². The highest BCUT2D eigenvalue weighted by atomic mass is 16.2. The molecule has 1 aliphatic heterocycles. The largest absolute Gasteiger partial charge is 0.373 e. The molecule has 1 aromatic heterocycles. The zero-order valence-electron chi connectivity index (χ0n) is 12.2. The first-order valence-corrected chi connectivity index (χ1v) is 7.00. The number of hydrogen-bond donors (Lipinski definition) is 0. The number of rotatable bonds is 2. The predicted molar refractivity (Wildman–Crippen MR) is 79.1 cm³/mol. The average molecular weight is 286 g/mol. The molecule has 21 heavy (non-hydrogen) atoms. The first-order valence-electron chi connectivity index (χ1n) is 7.00. The van der Waals surface area contributed by atoms with Crippen LogP contribution in [0.15, 0.2) is 30.6 Å². The van der Waals surface area contributed by atoms with E-state index in [0.717, 1.165) is 24.3 Å². The molecule has 1 aromatic carbocycles. The smallest absolute Gasteiger partial charge is 0.249 e. The molecule has 0 saturated heterocycles. The summed E-state index contributed by atoms with van der Waals surface area (Å²) in [7, 11) is 2.06. The van der Waals surface area contributed by atoms with Gasteiger partial charge in [-0.05, 0) is 35.9 Å². The van der Waals surface area contributed by atoms with Crippen LogP contribution in [0.3, 0.4) is 0 Å². The van der Waals surface area contributed by atoms with Crippen molar-refractivity contribution < 1.29 is 4.79 Å². The maximum atomic E-state index is 12.7. The van der Waals surface area contributed by atoms with Crippen LogP contribution in [-0.2, 0) is 11.3 Å². The van der Waals surface area contributed by atoms with Gasteiger partial charge < -0.3 is 9.80 Å². The van der Waals surface area contributed by atoms with Gasteiger partial charge >= 0.3 is 0 Å². The lowest BCUT2D eigenvalue weighted by molar-refractivity contribution is -0.119. The number of hydrogen-bond acceptors (Lipinski definition) is 5. The number of tetrazole rings is 1.